The smallest absolute Gasteiger partial charge is 0.310 e. The minimum absolute atomic E-state index is 0.0225. The first-order valence-corrected chi connectivity index (χ1v) is 12.8. The van der Waals surface area contributed by atoms with E-state index < -0.39 is 5.92 Å². The van der Waals surface area contributed by atoms with Crippen molar-refractivity contribution in [1.82, 2.24) is 0 Å². The maximum atomic E-state index is 13.5. The highest BCUT2D eigenvalue weighted by Gasteiger charge is 2.48. The summed E-state index contributed by atoms with van der Waals surface area (Å²) in [7, 11) is 1.42. The number of ether oxygens (including phenoxy) is 6. The summed E-state index contributed by atoms with van der Waals surface area (Å²) in [6, 6.07) is 19.5. The second-order valence-corrected chi connectivity index (χ2v) is 9.19. The Morgan fingerprint density at radius 2 is 1.76 bits per heavy atom. The van der Waals surface area contributed by atoms with Gasteiger partial charge in [-0.25, -0.2) is 0 Å². The number of fused-ring (bicyclic) bond motifs is 2. The van der Waals surface area contributed by atoms with E-state index in [9.17, 15) is 4.79 Å². The normalized spacial score (nSPS) is 19.2. The summed E-state index contributed by atoms with van der Waals surface area (Å²) in [5.74, 6) is 1.13. The van der Waals surface area contributed by atoms with Gasteiger partial charge in [0.15, 0.2) is 18.3 Å². The third kappa shape index (κ3) is 5.01. The summed E-state index contributed by atoms with van der Waals surface area (Å²) in [4.78, 5) is 13.5. The number of methoxy groups -OCH3 is 1. The second kappa shape index (κ2) is 11.8. The van der Waals surface area contributed by atoms with E-state index >= 15 is 0 Å². The number of carbonyl (C=O) groups excluding carboxylic acids is 1. The predicted molar refractivity (Wildman–Crippen MR) is 139 cm³/mol. The molecule has 8 heteroatoms. The van der Waals surface area contributed by atoms with E-state index in [1.54, 1.807) is 0 Å². The summed E-state index contributed by atoms with van der Waals surface area (Å²) in [6.45, 7) is 2.88. The van der Waals surface area contributed by atoms with Gasteiger partial charge in [-0.1, -0.05) is 37.3 Å². The molecule has 1 N–H and O–H groups in total. The fourth-order valence-corrected chi connectivity index (χ4v) is 5.35. The fraction of sp³-hybridized carbons (Fsp3) is 0.367. The van der Waals surface area contributed by atoms with Gasteiger partial charge >= 0.3 is 5.97 Å². The van der Waals surface area contributed by atoms with E-state index in [0.29, 0.717) is 23.9 Å². The topological polar surface area (TPSA) is 92.7 Å². The van der Waals surface area contributed by atoms with Gasteiger partial charge in [-0.15, -0.1) is 0 Å². The van der Waals surface area contributed by atoms with Gasteiger partial charge in [0.1, 0.15) is 11.5 Å². The number of carbonyl (C=O) groups is 1. The Morgan fingerprint density at radius 3 is 2.58 bits per heavy atom. The van der Waals surface area contributed by atoms with Crippen molar-refractivity contribution in [2.24, 2.45) is 5.92 Å². The average molecular weight is 521 g/mol. The monoisotopic (exact) mass is 520 g/mol. The molecule has 2 aliphatic rings. The Hall–Kier alpha value is -3.75. The molecule has 0 bridgehead atoms. The zero-order valence-electron chi connectivity index (χ0n) is 21.6. The molecule has 200 valence electrons. The molecule has 3 aromatic carbocycles. The van der Waals surface area contributed by atoms with E-state index in [-0.39, 0.29) is 44.6 Å². The number of esters is 1. The first kappa shape index (κ1) is 25.9. The van der Waals surface area contributed by atoms with Crippen LogP contribution in [0, 0.1) is 5.92 Å². The third-order valence-corrected chi connectivity index (χ3v) is 6.94. The van der Waals surface area contributed by atoms with Crippen molar-refractivity contribution < 1.29 is 38.3 Å². The molecule has 1 heterocycles. The first-order chi connectivity index (χ1) is 18.7. The fourth-order valence-electron chi connectivity index (χ4n) is 5.35. The van der Waals surface area contributed by atoms with Crippen molar-refractivity contribution in [3.8, 4) is 23.0 Å². The molecule has 5 rings (SSSR count). The van der Waals surface area contributed by atoms with Crippen LogP contribution >= 0.6 is 0 Å². The second-order valence-electron chi connectivity index (χ2n) is 9.19. The molecule has 0 saturated heterocycles. The van der Waals surface area contributed by atoms with E-state index in [0.717, 1.165) is 34.4 Å². The summed E-state index contributed by atoms with van der Waals surface area (Å²) >= 11 is 0. The molecule has 8 nitrogen and oxygen atoms in total. The number of hydrogen-bond donors (Lipinski definition) is 1. The average Bonchev–Trinajstić information content (AvgIpc) is 3.55. The van der Waals surface area contributed by atoms with Gasteiger partial charge in [0.25, 0.3) is 0 Å². The highest BCUT2D eigenvalue weighted by molar-refractivity contribution is 5.80. The molecule has 0 radical (unpaired) electrons. The number of hydrogen-bond acceptors (Lipinski definition) is 8. The van der Waals surface area contributed by atoms with Gasteiger partial charge in [0.05, 0.1) is 32.8 Å². The minimum Gasteiger partial charge on any atom is -0.494 e. The highest BCUT2D eigenvalue weighted by Crippen LogP contribution is 2.56. The van der Waals surface area contributed by atoms with Crippen LogP contribution in [0.4, 0.5) is 0 Å². The zero-order chi connectivity index (χ0) is 26.5. The number of aliphatic hydroxyl groups excluding tert-OH is 1. The lowest BCUT2D eigenvalue weighted by Crippen LogP contribution is -2.26. The summed E-state index contributed by atoms with van der Waals surface area (Å²) in [5, 5.41) is 9.05. The minimum atomic E-state index is -0.570. The van der Waals surface area contributed by atoms with Crippen molar-refractivity contribution in [2.45, 2.75) is 25.2 Å². The van der Waals surface area contributed by atoms with Crippen molar-refractivity contribution >= 4 is 5.97 Å². The summed E-state index contributed by atoms with van der Waals surface area (Å²) < 4.78 is 33.9. The number of benzene rings is 3. The molecule has 3 atom stereocenters. The Morgan fingerprint density at radius 1 is 0.921 bits per heavy atom. The lowest BCUT2D eigenvalue weighted by molar-refractivity contribution is -0.146. The predicted octanol–water partition coefficient (Wildman–Crippen LogP) is 4.62. The van der Waals surface area contributed by atoms with Gasteiger partial charge in [-0.2, -0.15) is 0 Å². The van der Waals surface area contributed by atoms with Crippen LogP contribution in [-0.4, -0.2) is 51.6 Å². The zero-order valence-corrected chi connectivity index (χ0v) is 21.6. The molecule has 0 spiro atoms. The lowest BCUT2D eigenvalue weighted by atomic mass is 9.79. The molecular weight excluding hydrogens is 488 g/mol. The lowest BCUT2D eigenvalue weighted by Gasteiger charge is -2.25. The molecule has 0 aromatic heterocycles. The Labute approximate surface area is 222 Å². The Balaban J connectivity index is 1.64. The number of aliphatic hydroxyl groups is 1. The van der Waals surface area contributed by atoms with E-state index in [4.69, 9.17) is 33.5 Å². The van der Waals surface area contributed by atoms with Gasteiger partial charge in [0.2, 0.25) is 6.79 Å². The molecule has 1 aliphatic heterocycles. The number of rotatable bonds is 11. The van der Waals surface area contributed by atoms with Crippen LogP contribution in [0.5, 0.6) is 23.0 Å². The van der Waals surface area contributed by atoms with Gasteiger partial charge in [-0.05, 0) is 53.4 Å². The molecular formula is C30H32O8. The molecule has 0 fully saturated rings. The van der Waals surface area contributed by atoms with Gasteiger partial charge in [0, 0.05) is 17.4 Å². The van der Waals surface area contributed by atoms with Crippen molar-refractivity contribution in [3.63, 3.8) is 0 Å². The van der Waals surface area contributed by atoms with E-state index in [1.807, 2.05) is 60.7 Å². The van der Waals surface area contributed by atoms with Crippen LogP contribution < -0.4 is 18.9 Å². The van der Waals surface area contributed by atoms with E-state index in [2.05, 4.69) is 6.92 Å². The largest absolute Gasteiger partial charge is 0.494 e. The molecule has 0 amide bonds. The first-order valence-electron chi connectivity index (χ1n) is 12.8. The molecule has 0 saturated carbocycles. The summed E-state index contributed by atoms with van der Waals surface area (Å²) in [6.07, 6.45) is 0.885. The SMILES string of the molecule is CCCOc1ccc2c(c1)C(c1ccccc1OCOCCO)C(C(=O)OC)C2c1ccc2c(c1)OCO2. The Bertz CT molecular complexity index is 1270. The van der Waals surface area contributed by atoms with Crippen molar-refractivity contribution in [1.29, 1.82) is 0 Å². The van der Waals surface area contributed by atoms with E-state index in [1.165, 1.54) is 7.11 Å². The van der Waals surface area contributed by atoms with Crippen molar-refractivity contribution in [3.05, 3.63) is 82.9 Å². The maximum absolute atomic E-state index is 13.5. The quantitative estimate of drug-likeness (QED) is 0.223. The maximum Gasteiger partial charge on any atom is 0.310 e. The highest BCUT2D eigenvalue weighted by atomic mass is 16.7. The van der Waals surface area contributed by atoms with Crippen LogP contribution in [0.15, 0.2) is 60.7 Å². The number of para-hydroxylation sites is 1. The Kier molecular flexibility index (Phi) is 8.00. The standard InChI is InChI=1S/C30H32O8/c1-3-13-35-20-9-10-21-23(16-20)28(22-6-4-5-7-24(22)36-17-34-14-12-31)29(30(32)33-2)27(21)19-8-11-25-26(15-19)38-18-37-25/h4-11,15-16,27-29,31H,3,12-14,17-18H2,1-2H3. The van der Waals surface area contributed by atoms with Gasteiger partial charge in [-0.3, -0.25) is 4.79 Å². The van der Waals surface area contributed by atoms with Crippen molar-refractivity contribution in [2.75, 3.05) is 40.5 Å². The summed E-state index contributed by atoms with van der Waals surface area (Å²) in [5.41, 5.74) is 3.76. The van der Waals surface area contributed by atoms with Crippen LogP contribution in [0.25, 0.3) is 0 Å². The molecule has 3 aromatic rings. The van der Waals surface area contributed by atoms with Crippen LogP contribution in [-0.2, 0) is 14.3 Å². The molecule has 3 unspecified atom stereocenters. The third-order valence-electron chi connectivity index (χ3n) is 6.94. The van der Waals surface area contributed by atoms with Gasteiger partial charge < -0.3 is 33.5 Å². The molecule has 1 aliphatic carbocycles. The van der Waals surface area contributed by atoms with Crippen LogP contribution in [0.1, 0.15) is 47.4 Å². The van der Waals surface area contributed by atoms with Crippen LogP contribution in [0.2, 0.25) is 0 Å². The molecule has 38 heavy (non-hydrogen) atoms. The van der Waals surface area contributed by atoms with Crippen LogP contribution in [0.3, 0.4) is 0 Å².